The second-order valence-electron chi connectivity index (χ2n) is 7.07. The largest absolute Gasteiger partial charge is 0.435 e. The van der Waals surface area contributed by atoms with E-state index in [-0.39, 0.29) is 19.0 Å². The molecule has 1 aromatic heterocycles. The van der Waals surface area contributed by atoms with E-state index in [9.17, 15) is 22.8 Å². The van der Waals surface area contributed by atoms with Gasteiger partial charge >= 0.3 is 6.18 Å². The third kappa shape index (κ3) is 4.60. The van der Waals surface area contributed by atoms with Crippen LogP contribution in [0.3, 0.4) is 0 Å². The Morgan fingerprint density at radius 2 is 1.63 bits per heavy atom. The van der Waals surface area contributed by atoms with Crippen molar-refractivity contribution in [1.82, 2.24) is 24.5 Å². The molecule has 2 aliphatic heterocycles. The van der Waals surface area contributed by atoms with E-state index in [0.29, 0.717) is 19.6 Å². The Balaban J connectivity index is 1.56. The Hall–Kier alpha value is -2.10. The van der Waals surface area contributed by atoms with Gasteiger partial charge in [-0.3, -0.25) is 19.2 Å². The molecule has 3 rings (SSSR count). The summed E-state index contributed by atoms with van der Waals surface area (Å²) in [5, 5.41) is 3.39. The molecule has 0 aliphatic carbocycles. The number of amides is 2. The van der Waals surface area contributed by atoms with Crippen molar-refractivity contribution in [3.05, 3.63) is 17.5 Å². The minimum atomic E-state index is -4.67. The standard InChI is InChI=1S/C17H24F3N5O2/c1-22-11-13(15(21-22)17(18,19)20)16(27)25-9-7-23(8-10-25)12-14(26)24-5-3-2-4-6-24/h11H,2-10,12H2,1H3. The van der Waals surface area contributed by atoms with E-state index in [0.717, 1.165) is 43.2 Å². The molecule has 0 unspecified atom stereocenters. The Kier molecular flexibility index (Phi) is 5.73. The van der Waals surface area contributed by atoms with Crippen LogP contribution in [0.2, 0.25) is 0 Å². The topological polar surface area (TPSA) is 61.7 Å². The molecule has 1 aromatic rings. The van der Waals surface area contributed by atoms with E-state index >= 15 is 0 Å². The fourth-order valence-electron chi connectivity index (χ4n) is 3.57. The monoisotopic (exact) mass is 387 g/mol. The number of alkyl halides is 3. The fraction of sp³-hybridized carbons (Fsp3) is 0.706. The van der Waals surface area contributed by atoms with Gasteiger partial charge in [0.15, 0.2) is 5.69 Å². The molecular weight excluding hydrogens is 363 g/mol. The first-order chi connectivity index (χ1) is 12.8. The van der Waals surface area contributed by atoms with Crippen LogP contribution in [0.4, 0.5) is 13.2 Å². The first-order valence-electron chi connectivity index (χ1n) is 9.16. The number of hydrogen-bond donors (Lipinski definition) is 0. The van der Waals surface area contributed by atoms with Crippen LogP contribution in [-0.4, -0.2) is 82.1 Å². The molecule has 2 fully saturated rings. The van der Waals surface area contributed by atoms with Gasteiger partial charge in [0.25, 0.3) is 5.91 Å². The van der Waals surface area contributed by atoms with E-state index in [2.05, 4.69) is 5.10 Å². The lowest BCUT2D eigenvalue weighted by atomic mass is 10.1. The number of carbonyl (C=O) groups excluding carboxylic acids is 2. The number of carbonyl (C=O) groups is 2. The minimum absolute atomic E-state index is 0.0843. The number of likely N-dealkylation sites (tertiary alicyclic amines) is 1. The van der Waals surface area contributed by atoms with Crippen LogP contribution in [0.5, 0.6) is 0 Å². The second kappa shape index (κ2) is 7.87. The van der Waals surface area contributed by atoms with Gasteiger partial charge < -0.3 is 9.80 Å². The molecule has 0 atom stereocenters. The zero-order valence-corrected chi connectivity index (χ0v) is 15.3. The van der Waals surface area contributed by atoms with Gasteiger partial charge in [0.05, 0.1) is 12.1 Å². The Morgan fingerprint density at radius 3 is 2.22 bits per heavy atom. The Labute approximate surface area is 155 Å². The number of rotatable bonds is 3. The van der Waals surface area contributed by atoms with E-state index in [1.807, 2.05) is 9.80 Å². The number of piperazine rings is 1. The molecule has 0 bridgehead atoms. The van der Waals surface area contributed by atoms with Crippen LogP contribution in [0.25, 0.3) is 0 Å². The number of nitrogens with zero attached hydrogens (tertiary/aromatic N) is 5. The number of aryl methyl sites for hydroxylation is 1. The Morgan fingerprint density at radius 1 is 1.00 bits per heavy atom. The van der Waals surface area contributed by atoms with Gasteiger partial charge in [-0.05, 0) is 19.3 Å². The summed E-state index contributed by atoms with van der Waals surface area (Å²) in [4.78, 5) is 30.1. The summed E-state index contributed by atoms with van der Waals surface area (Å²) >= 11 is 0. The maximum absolute atomic E-state index is 13.1. The van der Waals surface area contributed by atoms with Crippen molar-refractivity contribution in [3.63, 3.8) is 0 Å². The third-order valence-electron chi connectivity index (χ3n) is 5.05. The predicted octanol–water partition coefficient (Wildman–Crippen LogP) is 1.21. The molecule has 150 valence electrons. The first-order valence-corrected chi connectivity index (χ1v) is 9.16. The summed E-state index contributed by atoms with van der Waals surface area (Å²) in [6.07, 6.45) is -0.355. The highest BCUT2D eigenvalue weighted by Crippen LogP contribution is 2.31. The van der Waals surface area contributed by atoms with Crippen LogP contribution < -0.4 is 0 Å². The van der Waals surface area contributed by atoms with Gasteiger partial charge in [-0.2, -0.15) is 18.3 Å². The average molecular weight is 387 g/mol. The number of hydrogen-bond acceptors (Lipinski definition) is 4. The summed E-state index contributed by atoms with van der Waals surface area (Å²) in [5.74, 6) is -0.585. The van der Waals surface area contributed by atoms with E-state index in [4.69, 9.17) is 0 Å². The summed E-state index contributed by atoms with van der Waals surface area (Å²) in [6.45, 7) is 3.39. The lowest BCUT2D eigenvalue weighted by molar-refractivity contribution is -0.142. The number of piperidine rings is 1. The molecule has 0 N–H and O–H groups in total. The highest BCUT2D eigenvalue weighted by Gasteiger charge is 2.40. The van der Waals surface area contributed by atoms with Gasteiger partial charge in [-0.1, -0.05) is 0 Å². The smallest absolute Gasteiger partial charge is 0.342 e. The van der Waals surface area contributed by atoms with Crippen LogP contribution >= 0.6 is 0 Å². The predicted molar refractivity (Wildman–Crippen MR) is 91.0 cm³/mol. The minimum Gasteiger partial charge on any atom is -0.342 e. The summed E-state index contributed by atoms with van der Waals surface area (Å²) in [6, 6.07) is 0. The molecular formula is C17H24F3N5O2. The lowest BCUT2D eigenvalue weighted by Gasteiger charge is -2.36. The van der Waals surface area contributed by atoms with Crippen molar-refractivity contribution in [2.45, 2.75) is 25.4 Å². The maximum atomic E-state index is 13.1. The summed E-state index contributed by atoms with van der Waals surface area (Å²) < 4.78 is 40.2. The van der Waals surface area contributed by atoms with Crippen LogP contribution in [0.1, 0.15) is 35.3 Å². The fourth-order valence-corrected chi connectivity index (χ4v) is 3.57. The molecule has 0 spiro atoms. The van der Waals surface area contributed by atoms with Crippen molar-refractivity contribution in [2.24, 2.45) is 7.05 Å². The van der Waals surface area contributed by atoms with Crippen LogP contribution in [0.15, 0.2) is 6.20 Å². The summed E-state index contributed by atoms with van der Waals surface area (Å²) in [7, 11) is 1.36. The molecule has 0 aromatic carbocycles. The zero-order valence-electron chi connectivity index (χ0n) is 15.3. The molecule has 2 aliphatic rings. The van der Waals surface area contributed by atoms with Gasteiger partial charge in [0, 0.05) is 52.5 Å². The molecule has 10 heteroatoms. The van der Waals surface area contributed by atoms with E-state index in [1.165, 1.54) is 11.9 Å². The summed E-state index contributed by atoms with van der Waals surface area (Å²) in [5.41, 5.74) is -1.58. The molecule has 2 saturated heterocycles. The van der Waals surface area contributed by atoms with Crippen molar-refractivity contribution in [2.75, 3.05) is 45.8 Å². The molecule has 2 amide bonds. The van der Waals surface area contributed by atoms with E-state index < -0.39 is 23.3 Å². The van der Waals surface area contributed by atoms with Crippen LogP contribution in [0, 0.1) is 0 Å². The first kappa shape index (κ1) is 19.7. The molecule has 0 radical (unpaired) electrons. The van der Waals surface area contributed by atoms with Gasteiger partial charge in [-0.15, -0.1) is 0 Å². The molecule has 0 saturated carbocycles. The second-order valence-corrected chi connectivity index (χ2v) is 7.07. The lowest BCUT2D eigenvalue weighted by Crippen LogP contribution is -2.52. The third-order valence-corrected chi connectivity index (χ3v) is 5.05. The van der Waals surface area contributed by atoms with Crippen molar-refractivity contribution >= 4 is 11.8 Å². The van der Waals surface area contributed by atoms with Crippen molar-refractivity contribution in [1.29, 1.82) is 0 Å². The normalized spacial score (nSPS) is 19.4. The number of halogens is 3. The van der Waals surface area contributed by atoms with E-state index in [1.54, 1.807) is 0 Å². The number of aromatic nitrogens is 2. The quantitative estimate of drug-likeness (QED) is 0.782. The van der Waals surface area contributed by atoms with Crippen molar-refractivity contribution < 1.29 is 22.8 Å². The molecule has 7 nitrogen and oxygen atoms in total. The Bertz CT molecular complexity index is 689. The highest BCUT2D eigenvalue weighted by atomic mass is 19.4. The maximum Gasteiger partial charge on any atom is 0.435 e. The van der Waals surface area contributed by atoms with Crippen molar-refractivity contribution in [3.8, 4) is 0 Å². The SMILES string of the molecule is Cn1cc(C(=O)N2CCN(CC(=O)N3CCCCC3)CC2)c(C(F)(F)F)n1. The highest BCUT2D eigenvalue weighted by molar-refractivity contribution is 5.95. The van der Waals surface area contributed by atoms with Gasteiger partial charge in [0.1, 0.15) is 0 Å². The average Bonchev–Trinajstić information content (AvgIpc) is 3.05. The van der Waals surface area contributed by atoms with Crippen LogP contribution in [-0.2, 0) is 18.0 Å². The van der Waals surface area contributed by atoms with Gasteiger partial charge in [0.2, 0.25) is 5.91 Å². The zero-order chi connectivity index (χ0) is 19.6. The molecule has 3 heterocycles. The molecule has 27 heavy (non-hydrogen) atoms. The van der Waals surface area contributed by atoms with Gasteiger partial charge in [-0.25, -0.2) is 0 Å².